The number of nitrogens with zero attached hydrogens (tertiary/aromatic N) is 6. The molecule has 0 bridgehead atoms. The van der Waals surface area contributed by atoms with E-state index in [1.165, 1.54) is 9.79 Å². The fourth-order valence-electron chi connectivity index (χ4n) is 10.2. The molecule has 0 saturated heterocycles. The van der Waals surface area contributed by atoms with E-state index in [1.54, 1.807) is 11.8 Å². The summed E-state index contributed by atoms with van der Waals surface area (Å²) in [6, 6.07) is 92.9. The number of para-hydroxylation sites is 6. The smallest absolute Gasteiger partial charge is 0.160 e. The van der Waals surface area contributed by atoms with Gasteiger partial charge in [0, 0.05) is 54.5 Å². The van der Waals surface area contributed by atoms with Crippen molar-refractivity contribution in [3.8, 4) is 90.4 Å². The van der Waals surface area contributed by atoms with Crippen molar-refractivity contribution in [3.63, 3.8) is 0 Å². The molecule has 7 nitrogen and oxygen atoms in total. The number of hydrogen-bond donors (Lipinski definition) is 0. The van der Waals surface area contributed by atoms with Gasteiger partial charge in [0.2, 0.25) is 0 Å². The van der Waals surface area contributed by atoms with Gasteiger partial charge < -0.3 is 14.5 Å². The second kappa shape index (κ2) is 19.2. The van der Waals surface area contributed by atoms with Crippen molar-refractivity contribution in [2.24, 2.45) is 0 Å². The van der Waals surface area contributed by atoms with Gasteiger partial charge >= 0.3 is 0 Å². The first-order chi connectivity index (χ1) is 37.6. The van der Waals surface area contributed by atoms with Gasteiger partial charge in [0.25, 0.3) is 0 Å². The van der Waals surface area contributed by atoms with Gasteiger partial charge in [0.05, 0.1) is 45.5 Å². The minimum atomic E-state index is 0.637. The number of benzene rings is 10. The second-order valence-electron chi connectivity index (χ2n) is 18.7. The molecule has 2 aromatic heterocycles. The monoisotopic (exact) mass is 992 g/mol. The van der Waals surface area contributed by atoms with Crippen LogP contribution in [0.2, 0.25) is 0 Å². The second-order valence-corrected chi connectivity index (χ2v) is 19.8. The summed E-state index contributed by atoms with van der Waals surface area (Å²) < 4.78 is 6.60. The molecule has 0 spiro atoms. The molecule has 12 aromatic rings. The van der Waals surface area contributed by atoms with Crippen molar-refractivity contribution >= 4 is 45.9 Å². The predicted molar refractivity (Wildman–Crippen MR) is 309 cm³/mol. The van der Waals surface area contributed by atoms with Crippen molar-refractivity contribution in [2.75, 3.05) is 9.80 Å². The van der Waals surface area contributed by atoms with Gasteiger partial charge in [0.1, 0.15) is 0 Å². The Kier molecular flexibility index (Phi) is 11.3. The van der Waals surface area contributed by atoms with E-state index in [0.29, 0.717) is 11.6 Å². The third-order valence-electron chi connectivity index (χ3n) is 13.8. The van der Waals surface area contributed by atoms with Gasteiger partial charge in [0.15, 0.2) is 23.1 Å². The summed E-state index contributed by atoms with van der Waals surface area (Å²) in [6.07, 6.45) is 0. The highest BCUT2D eigenvalue weighted by Gasteiger charge is 2.30. The van der Waals surface area contributed by atoms with Gasteiger partial charge in [-0.2, -0.15) is 0 Å². The molecule has 358 valence electrons. The summed E-state index contributed by atoms with van der Waals surface area (Å²) >= 11 is 1.80. The molecule has 2 aliphatic rings. The van der Waals surface area contributed by atoms with Gasteiger partial charge in [-0.25, -0.2) is 19.9 Å². The van der Waals surface area contributed by atoms with E-state index in [0.717, 1.165) is 113 Å². The van der Waals surface area contributed by atoms with Gasteiger partial charge in [-0.05, 0) is 108 Å². The fraction of sp³-hybridized carbons (Fsp3) is 0. The molecule has 14 rings (SSSR count). The average molecular weight is 993 g/mol. The first-order valence-electron chi connectivity index (χ1n) is 25.3. The lowest BCUT2D eigenvalue weighted by molar-refractivity contribution is 0.477. The van der Waals surface area contributed by atoms with Crippen molar-refractivity contribution in [2.45, 2.75) is 9.79 Å². The van der Waals surface area contributed by atoms with E-state index in [2.05, 4.69) is 204 Å². The van der Waals surface area contributed by atoms with Crippen LogP contribution in [-0.2, 0) is 0 Å². The lowest BCUT2D eigenvalue weighted by Gasteiger charge is -2.36. The summed E-state index contributed by atoms with van der Waals surface area (Å²) in [5, 5.41) is 0. The molecule has 2 aliphatic heterocycles. The number of rotatable bonds is 9. The van der Waals surface area contributed by atoms with Crippen LogP contribution in [0, 0.1) is 0 Å². The highest BCUT2D eigenvalue weighted by atomic mass is 32.2. The van der Waals surface area contributed by atoms with Crippen LogP contribution >= 0.6 is 11.8 Å². The van der Waals surface area contributed by atoms with E-state index in [9.17, 15) is 0 Å². The molecule has 0 N–H and O–H groups in total. The van der Waals surface area contributed by atoms with Crippen LogP contribution in [0.25, 0.3) is 78.9 Å². The first-order valence-corrected chi connectivity index (χ1v) is 26.1. The number of ether oxygens (including phenoxy) is 1. The summed E-state index contributed by atoms with van der Waals surface area (Å²) in [5.41, 5.74) is 16.9. The largest absolute Gasteiger partial charge is 0.453 e. The third kappa shape index (κ3) is 8.42. The lowest BCUT2D eigenvalue weighted by atomic mass is 9.94. The molecule has 0 fully saturated rings. The van der Waals surface area contributed by atoms with Crippen LogP contribution in [0.5, 0.6) is 11.5 Å². The minimum Gasteiger partial charge on any atom is -0.453 e. The van der Waals surface area contributed by atoms with Crippen molar-refractivity contribution in [1.29, 1.82) is 0 Å². The van der Waals surface area contributed by atoms with Crippen LogP contribution < -0.4 is 14.5 Å². The number of hydrogen-bond acceptors (Lipinski definition) is 8. The molecule has 0 amide bonds. The van der Waals surface area contributed by atoms with Crippen LogP contribution in [0.3, 0.4) is 0 Å². The van der Waals surface area contributed by atoms with Crippen LogP contribution in [0.1, 0.15) is 0 Å². The summed E-state index contributed by atoms with van der Waals surface area (Å²) in [7, 11) is 0. The number of aromatic nitrogens is 4. The van der Waals surface area contributed by atoms with Crippen LogP contribution in [0.4, 0.5) is 34.1 Å². The topological polar surface area (TPSA) is 67.3 Å². The highest BCUT2D eigenvalue weighted by molar-refractivity contribution is 7.99. The Morgan fingerprint density at radius 1 is 0.263 bits per heavy atom. The predicted octanol–water partition coefficient (Wildman–Crippen LogP) is 18.4. The van der Waals surface area contributed by atoms with Crippen LogP contribution in [-0.4, -0.2) is 19.9 Å². The maximum atomic E-state index is 6.60. The molecule has 4 heterocycles. The van der Waals surface area contributed by atoms with E-state index in [1.807, 2.05) is 72.8 Å². The fourth-order valence-corrected chi connectivity index (χ4v) is 11.3. The van der Waals surface area contributed by atoms with E-state index >= 15 is 0 Å². The Morgan fingerprint density at radius 3 is 1.04 bits per heavy atom. The minimum absolute atomic E-state index is 0.637. The normalized spacial score (nSPS) is 12.2. The highest BCUT2D eigenvalue weighted by Crippen LogP contribution is 2.55. The number of fused-ring (bicyclic) bond motifs is 4. The van der Waals surface area contributed by atoms with Crippen molar-refractivity contribution < 1.29 is 4.74 Å². The third-order valence-corrected chi connectivity index (χ3v) is 14.9. The molecule has 8 heteroatoms. The number of anilines is 6. The maximum absolute atomic E-state index is 6.60. The zero-order valence-corrected chi connectivity index (χ0v) is 41.7. The molecular weight excluding hydrogens is 949 g/mol. The zero-order valence-electron chi connectivity index (χ0n) is 40.9. The van der Waals surface area contributed by atoms with Gasteiger partial charge in [-0.1, -0.05) is 182 Å². The van der Waals surface area contributed by atoms with Gasteiger partial charge in [-0.3, -0.25) is 0 Å². The Morgan fingerprint density at radius 2 is 0.592 bits per heavy atom. The molecule has 0 aliphatic carbocycles. The van der Waals surface area contributed by atoms with E-state index in [-0.39, 0.29) is 0 Å². The lowest BCUT2D eigenvalue weighted by Crippen LogP contribution is -2.18. The molecule has 76 heavy (non-hydrogen) atoms. The Balaban J connectivity index is 1.06. The molecule has 10 aromatic carbocycles. The van der Waals surface area contributed by atoms with E-state index < -0.39 is 0 Å². The van der Waals surface area contributed by atoms with Gasteiger partial charge in [-0.15, -0.1) is 0 Å². The molecule has 0 atom stereocenters. The van der Waals surface area contributed by atoms with Crippen LogP contribution in [0.15, 0.2) is 277 Å². The SMILES string of the molecule is c1ccc(-c2cc(-c3cc(-c4cc(N5c6ccccc6Oc6ccccc65)cc(N5c6ccccc6Sc6ccccc65)c4)cc(-c4cc(-c5ccccc5)nc(-c5ccccc5)n4)c3)nc(-c3ccccc3)n2)cc1. The summed E-state index contributed by atoms with van der Waals surface area (Å²) in [6.45, 7) is 0. The molecule has 0 unspecified atom stereocenters. The zero-order chi connectivity index (χ0) is 50.4. The summed E-state index contributed by atoms with van der Waals surface area (Å²) in [5.74, 6) is 2.83. The van der Waals surface area contributed by atoms with Crippen molar-refractivity contribution in [3.05, 3.63) is 267 Å². The van der Waals surface area contributed by atoms with E-state index in [4.69, 9.17) is 24.7 Å². The maximum Gasteiger partial charge on any atom is 0.160 e. The average Bonchev–Trinajstić information content (AvgIpc) is 3.56. The first kappa shape index (κ1) is 44.8. The summed E-state index contributed by atoms with van der Waals surface area (Å²) in [4.78, 5) is 28.3. The quantitative estimate of drug-likeness (QED) is 0.142. The Bertz CT molecular complexity index is 3670. The van der Waals surface area contributed by atoms with Crippen molar-refractivity contribution in [1.82, 2.24) is 19.9 Å². The Labute approximate surface area is 445 Å². The molecule has 0 saturated carbocycles. The molecule has 0 radical (unpaired) electrons. The standard InChI is InChI=1S/C68H44N6OS/c1-5-21-45(22-6-1)55-43-57(71-67(69-55)47-25-9-3-10-26-47)51-37-49(38-52(39-51)58-44-56(46-23-7-2-8-24-46)70-68(72-58)48-27-11-4-12-28-48)50-40-53(73-59-29-13-17-33-63(59)75-64-34-18-14-30-60(64)73)42-54(41-50)74-61-31-15-19-35-65(61)76-66-36-20-16-32-62(66)74/h1-44H. The molecular formula is C68H44N6OS. The Hall–Kier alpha value is -9.89.